The fraction of sp³-hybridized carbons (Fsp3) is 0.435. The average Bonchev–Trinajstić information content (AvgIpc) is 3.43. The summed E-state index contributed by atoms with van der Waals surface area (Å²) < 4.78 is 58.3. The molecule has 11 heteroatoms. The van der Waals surface area contributed by atoms with E-state index in [4.69, 9.17) is 16.3 Å². The average molecular weight is 515 g/mol. The van der Waals surface area contributed by atoms with Crippen molar-refractivity contribution in [2.75, 3.05) is 44.4 Å². The van der Waals surface area contributed by atoms with Gasteiger partial charge in [-0.2, -0.15) is 4.31 Å². The van der Waals surface area contributed by atoms with Crippen molar-refractivity contribution < 1.29 is 31.8 Å². The molecule has 0 bridgehead atoms. The lowest BCUT2D eigenvalue weighted by Gasteiger charge is -2.22. The van der Waals surface area contributed by atoms with E-state index in [0.717, 1.165) is 11.3 Å². The number of sulfonamides is 1. The predicted octanol–water partition coefficient (Wildman–Crippen LogP) is 3.73. The number of hydrogen-bond acceptors (Lipinski definition) is 5. The van der Waals surface area contributed by atoms with E-state index in [0.29, 0.717) is 31.1 Å². The predicted molar refractivity (Wildman–Crippen MR) is 124 cm³/mol. The molecule has 2 aromatic carbocycles. The zero-order chi connectivity index (χ0) is 24.5. The molecule has 2 aromatic rings. The number of rotatable bonds is 9. The van der Waals surface area contributed by atoms with Crippen LogP contribution < -0.4 is 9.64 Å². The molecule has 2 heterocycles. The number of nitrogens with zero attached hydrogens (tertiary/aromatic N) is 2. The molecule has 0 spiro atoms. The summed E-state index contributed by atoms with van der Waals surface area (Å²) in [7, 11) is -3.78. The lowest BCUT2D eigenvalue weighted by molar-refractivity contribution is -0.135. The van der Waals surface area contributed by atoms with Gasteiger partial charge < -0.3 is 14.7 Å². The van der Waals surface area contributed by atoms with Crippen molar-refractivity contribution in [3.63, 3.8) is 0 Å². The number of carboxylic acid groups (broad SMARTS) is 1. The highest BCUT2D eigenvalue weighted by Gasteiger charge is 2.41. The van der Waals surface area contributed by atoms with E-state index in [1.807, 2.05) is 12.1 Å². The zero-order valence-corrected chi connectivity index (χ0v) is 19.8. The van der Waals surface area contributed by atoms with E-state index in [2.05, 4.69) is 0 Å². The van der Waals surface area contributed by atoms with Crippen molar-refractivity contribution in [3.05, 3.63) is 53.1 Å². The van der Waals surface area contributed by atoms with Crippen LogP contribution in [-0.4, -0.2) is 69.4 Å². The Morgan fingerprint density at radius 1 is 1.15 bits per heavy atom. The van der Waals surface area contributed by atoms with Crippen molar-refractivity contribution in [2.45, 2.75) is 23.3 Å². The van der Waals surface area contributed by atoms with Crippen molar-refractivity contribution in [3.8, 4) is 5.75 Å². The summed E-state index contributed by atoms with van der Waals surface area (Å²) in [5.74, 6) is -0.781. The minimum atomic E-state index is -3.78. The first kappa shape index (κ1) is 24.7. The van der Waals surface area contributed by atoms with Gasteiger partial charge in [-0.3, -0.25) is 4.79 Å². The molecule has 34 heavy (non-hydrogen) atoms. The molecule has 7 nitrogen and oxygen atoms in total. The normalized spacial score (nSPS) is 20.6. The topological polar surface area (TPSA) is 87.2 Å². The number of alkyl halides is 2. The highest BCUT2D eigenvalue weighted by molar-refractivity contribution is 7.89. The number of benzene rings is 2. The number of fused-ring (bicyclic) bond motifs is 1. The van der Waals surface area contributed by atoms with Crippen LogP contribution in [-0.2, 0) is 14.8 Å². The molecule has 0 aromatic heterocycles. The summed E-state index contributed by atoms with van der Waals surface area (Å²) in [5, 5.41) is 9.82. The first-order chi connectivity index (χ1) is 16.2. The lowest BCUT2D eigenvalue weighted by atomic mass is 9.87. The monoisotopic (exact) mass is 514 g/mol. The Morgan fingerprint density at radius 3 is 2.50 bits per heavy atom. The Kier molecular flexibility index (Phi) is 7.30. The second-order valence-corrected chi connectivity index (χ2v) is 10.9. The molecule has 0 radical (unpaired) electrons. The first-order valence-electron chi connectivity index (χ1n) is 10.9. The van der Waals surface area contributed by atoms with Crippen LogP contribution >= 0.6 is 11.6 Å². The third-order valence-electron chi connectivity index (χ3n) is 6.34. The summed E-state index contributed by atoms with van der Waals surface area (Å²) in [6.07, 6.45) is -0.586. The fourth-order valence-corrected chi connectivity index (χ4v) is 6.39. The lowest BCUT2D eigenvalue weighted by Crippen LogP contribution is -2.32. The Balaban J connectivity index is 1.49. The molecule has 184 valence electrons. The molecule has 1 N–H and O–H groups in total. The van der Waals surface area contributed by atoms with E-state index in [1.165, 1.54) is 28.6 Å². The van der Waals surface area contributed by atoms with Gasteiger partial charge in [0.25, 0.3) is 0 Å². The Labute approximate surface area is 201 Å². The van der Waals surface area contributed by atoms with Gasteiger partial charge in [0.05, 0.1) is 4.90 Å². The van der Waals surface area contributed by atoms with E-state index in [1.54, 1.807) is 11.0 Å². The largest absolute Gasteiger partial charge is 0.485 e. The number of hydrogen-bond donors (Lipinski definition) is 1. The Hall–Kier alpha value is -2.43. The number of carboxylic acids is 1. The van der Waals surface area contributed by atoms with Gasteiger partial charge >= 0.3 is 5.97 Å². The number of ether oxygens (including phenoxy) is 1. The standard InChI is InChI=1S/C23H25ClF2N2O5S/c24-16-1-6-22-20(9-16)21(13-27(22)14-23(29)30)15-7-8-28(12-15)34(31,32)19-4-2-17(3-5-19)33-18(10-25)11-26/h1-6,9,15,18,21H,7-8,10-14H2,(H,29,30). The van der Waals surface area contributed by atoms with Gasteiger partial charge in [0.2, 0.25) is 10.0 Å². The molecule has 1 saturated heterocycles. The van der Waals surface area contributed by atoms with Gasteiger partial charge in [0.15, 0.2) is 6.10 Å². The van der Waals surface area contributed by atoms with Gasteiger partial charge in [-0.05, 0) is 60.4 Å². The molecular formula is C23H25ClF2N2O5S. The first-order valence-corrected chi connectivity index (χ1v) is 12.7. The summed E-state index contributed by atoms with van der Waals surface area (Å²) >= 11 is 6.20. The van der Waals surface area contributed by atoms with Crippen LogP contribution in [0.5, 0.6) is 5.75 Å². The molecule has 2 atom stereocenters. The fourth-order valence-electron chi connectivity index (χ4n) is 4.70. The minimum Gasteiger partial charge on any atom is -0.485 e. The molecule has 0 saturated carbocycles. The summed E-state index contributed by atoms with van der Waals surface area (Å²) in [6, 6.07) is 10.9. The van der Waals surface area contributed by atoms with Crippen LogP contribution in [0.4, 0.5) is 14.5 Å². The van der Waals surface area contributed by atoms with Crippen molar-refractivity contribution in [1.82, 2.24) is 4.31 Å². The van der Waals surface area contributed by atoms with Crippen LogP contribution in [0.3, 0.4) is 0 Å². The number of carbonyl (C=O) groups is 1. The summed E-state index contributed by atoms with van der Waals surface area (Å²) in [4.78, 5) is 13.2. The maximum atomic E-state index is 13.2. The van der Waals surface area contributed by atoms with Gasteiger partial charge in [-0.25, -0.2) is 17.2 Å². The molecule has 2 aliphatic rings. The maximum absolute atomic E-state index is 13.2. The van der Waals surface area contributed by atoms with Crippen LogP contribution in [0.15, 0.2) is 47.4 Å². The Bertz CT molecular complexity index is 1140. The van der Waals surface area contributed by atoms with Crippen molar-refractivity contribution in [1.29, 1.82) is 0 Å². The molecule has 0 aliphatic carbocycles. The van der Waals surface area contributed by atoms with Crippen molar-refractivity contribution >= 4 is 33.3 Å². The third kappa shape index (κ3) is 4.99. The Morgan fingerprint density at radius 2 is 1.85 bits per heavy atom. The maximum Gasteiger partial charge on any atom is 0.323 e. The van der Waals surface area contributed by atoms with E-state index in [9.17, 15) is 27.1 Å². The second kappa shape index (κ2) is 10.1. The molecule has 2 aliphatic heterocycles. The summed E-state index contributed by atoms with van der Waals surface area (Å²) in [5.41, 5.74) is 1.75. The van der Waals surface area contributed by atoms with Gasteiger partial charge in [0, 0.05) is 36.3 Å². The number of aliphatic carboxylic acids is 1. The number of halogens is 3. The highest BCUT2D eigenvalue weighted by Crippen LogP contribution is 2.44. The van der Waals surface area contributed by atoms with Crippen LogP contribution in [0.2, 0.25) is 5.02 Å². The zero-order valence-electron chi connectivity index (χ0n) is 18.2. The molecule has 2 unspecified atom stereocenters. The third-order valence-corrected chi connectivity index (χ3v) is 8.45. The molecular weight excluding hydrogens is 490 g/mol. The SMILES string of the molecule is O=C(O)CN1CC(C2CCN(S(=O)(=O)c3ccc(OC(CF)CF)cc3)C2)c2cc(Cl)ccc21. The minimum absolute atomic E-state index is 0.00302. The van der Waals surface area contributed by atoms with Crippen molar-refractivity contribution in [2.24, 2.45) is 5.92 Å². The molecule has 0 amide bonds. The van der Waals surface area contributed by atoms with Gasteiger partial charge in [0.1, 0.15) is 25.6 Å². The van der Waals surface area contributed by atoms with E-state index < -0.39 is 35.4 Å². The van der Waals surface area contributed by atoms with E-state index >= 15 is 0 Å². The molecule has 4 rings (SSSR count). The smallest absolute Gasteiger partial charge is 0.323 e. The van der Waals surface area contributed by atoms with Crippen LogP contribution in [0.1, 0.15) is 17.9 Å². The van der Waals surface area contributed by atoms with Crippen LogP contribution in [0, 0.1) is 5.92 Å². The number of anilines is 1. The van der Waals surface area contributed by atoms with E-state index in [-0.39, 0.29) is 29.0 Å². The van der Waals surface area contributed by atoms with Gasteiger partial charge in [-0.15, -0.1) is 0 Å². The summed E-state index contributed by atoms with van der Waals surface area (Å²) in [6.45, 7) is -0.987. The molecule has 1 fully saturated rings. The quantitative estimate of drug-likeness (QED) is 0.549. The van der Waals surface area contributed by atoms with Gasteiger partial charge in [-0.1, -0.05) is 11.6 Å². The second-order valence-electron chi connectivity index (χ2n) is 8.52. The van der Waals surface area contributed by atoms with Crippen LogP contribution in [0.25, 0.3) is 0 Å². The highest BCUT2D eigenvalue weighted by atomic mass is 35.5.